The van der Waals surface area contributed by atoms with Crippen LogP contribution in [-0.2, 0) is 4.79 Å². The first-order chi connectivity index (χ1) is 8.09. The first kappa shape index (κ1) is 12.1. The van der Waals surface area contributed by atoms with E-state index in [-0.39, 0.29) is 0 Å². The van der Waals surface area contributed by atoms with Crippen molar-refractivity contribution in [2.75, 3.05) is 13.6 Å². The molecule has 0 spiro atoms. The van der Waals surface area contributed by atoms with Gasteiger partial charge in [-0.1, -0.05) is 30.3 Å². The molecular formula is C14H19NO2. The van der Waals surface area contributed by atoms with Crippen LogP contribution < -0.4 is 0 Å². The number of hydrogen-bond donors (Lipinski definition) is 1. The first-order valence-electron chi connectivity index (χ1n) is 6.07. The third kappa shape index (κ3) is 2.86. The SMILES string of the molecule is CC(C(=O)O)N(C)CC1CC1c1ccccc1. The summed E-state index contributed by atoms with van der Waals surface area (Å²) < 4.78 is 0. The van der Waals surface area contributed by atoms with E-state index in [1.54, 1.807) is 6.92 Å². The quantitative estimate of drug-likeness (QED) is 0.847. The van der Waals surface area contributed by atoms with Crippen molar-refractivity contribution in [2.45, 2.75) is 25.3 Å². The average molecular weight is 233 g/mol. The number of carboxylic acids is 1. The summed E-state index contributed by atoms with van der Waals surface area (Å²) in [5, 5.41) is 8.93. The van der Waals surface area contributed by atoms with Gasteiger partial charge in [-0.15, -0.1) is 0 Å². The van der Waals surface area contributed by atoms with Crippen LogP contribution in [0.4, 0.5) is 0 Å². The third-order valence-corrected chi connectivity index (χ3v) is 3.69. The maximum absolute atomic E-state index is 10.9. The molecule has 1 aliphatic rings. The van der Waals surface area contributed by atoms with Gasteiger partial charge in [-0.3, -0.25) is 9.69 Å². The van der Waals surface area contributed by atoms with Gasteiger partial charge in [-0.2, -0.15) is 0 Å². The summed E-state index contributed by atoms with van der Waals surface area (Å²) >= 11 is 0. The zero-order chi connectivity index (χ0) is 12.4. The molecule has 1 aromatic carbocycles. The second-order valence-corrected chi connectivity index (χ2v) is 4.97. The normalized spacial score (nSPS) is 24.6. The van der Waals surface area contributed by atoms with Gasteiger partial charge in [-0.25, -0.2) is 0 Å². The number of rotatable bonds is 5. The van der Waals surface area contributed by atoms with Crippen molar-refractivity contribution in [1.29, 1.82) is 0 Å². The van der Waals surface area contributed by atoms with Crippen molar-refractivity contribution in [1.82, 2.24) is 4.90 Å². The Morgan fingerprint density at radius 1 is 1.47 bits per heavy atom. The predicted octanol–water partition coefficient (Wildman–Crippen LogP) is 2.20. The van der Waals surface area contributed by atoms with Crippen LogP contribution in [0.15, 0.2) is 30.3 Å². The fourth-order valence-corrected chi connectivity index (χ4v) is 2.27. The lowest BCUT2D eigenvalue weighted by molar-refractivity contribution is -0.142. The van der Waals surface area contributed by atoms with Crippen molar-refractivity contribution in [2.24, 2.45) is 5.92 Å². The molecule has 2 rings (SSSR count). The van der Waals surface area contributed by atoms with Crippen molar-refractivity contribution in [3.8, 4) is 0 Å². The molecule has 1 aromatic rings. The lowest BCUT2D eigenvalue weighted by Crippen LogP contribution is -2.37. The highest BCUT2D eigenvalue weighted by molar-refractivity contribution is 5.72. The smallest absolute Gasteiger partial charge is 0.320 e. The van der Waals surface area contributed by atoms with Crippen LogP contribution in [0.5, 0.6) is 0 Å². The summed E-state index contributed by atoms with van der Waals surface area (Å²) in [7, 11) is 1.89. The van der Waals surface area contributed by atoms with Crippen LogP contribution >= 0.6 is 0 Å². The Balaban J connectivity index is 1.86. The zero-order valence-corrected chi connectivity index (χ0v) is 10.3. The van der Waals surface area contributed by atoms with Crippen molar-refractivity contribution >= 4 is 5.97 Å². The van der Waals surface area contributed by atoms with E-state index >= 15 is 0 Å². The summed E-state index contributed by atoms with van der Waals surface area (Å²) in [6, 6.07) is 10.1. The molecule has 0 heterocycles. The highest BCUT2D eigenvalue weighted by atomic mass is 16.4. The number of carbonyl (C=O) groups is 1. The van der Waals surface area contributed by atoms with E-state index in [0.29, 0.717) is 11.8 Å². The molecule has 3 unspecified atom stereocenters. The number of carboxylic acid groups (broad SMARTS) is 1. The van der Waals surface area contributed by atoms with Crippen LogP contribution in [-0.4, -0.2) is 35.6 Å². The predicted molar refractivity (Wildman–Crippen MR) is 67.0 cm³/mol. The molecule has 1 aliphatic carbocycles. The molecule has 3 atom stereocenters. The minimum Gasteiger partial charge on any atom is -0.480 e. The molecule has 1 N–H and O–H groups in total. The summed E-state index contributed by atoms with van der Waals surface area (Å²) in [5.41, 5.74) is 1.38. The van der Waals surface area contributed by atoms with E-state index in [2.05, 4.69) is 24.3 Å². The fraction of sp³-hybridized carbons (Fsp3) is 0.500. The van der Waals surface area contributed by atoms with Gasteiger partial charge < -0.3 is 5.11 Å². The number of hydrogen-bond acceptors (Lipinski definition) is 2. The highest BCUT2D eigenvalue weighted by Crippen LogP contribution is 2.47. The second-order valence-electron chi connectivity index (χ2n) is 4.97. The average Bonchev–Trinajstić information content (AvgIpc) is 3.08. The largest absolute Gasteiger partial charge is 0.480 e. The fourth-order valence-electron chi connectivity index (χ4n) is 2.27. The summed E-state index contributed by atoms with van der Waals surface area (Å²) in [4.78, 5) is 12.8. The van der Waals surface area contributed by atoms with E-state index in [1.807, 2.05) is 18.0 Å². The number of nitrogens with zero attached hydrogens (tertiary/aromatic N) is 1. The Morgan fingerprint density at radius 2 is 2.12 bits per heavy atom. The Hall–Kier alpha value is -1.35. The molecule has 0 saturated heterocycles. The number of benzene rings is 1. The summed E-state index contributed by atoms with van der Waals surface area (Å²) in [6.45, 7) is 2.61. The Kier molecular flexibility index (Phi) is 3.48. The van der Waals surface area contributed by atoms with Crippen LogP contribution in [0.1, 0.15) is 24.8 Å². The maximum atomic E-state index is 10.9. The highest BCUT2D eigenvalue weighted by Gasteiger charge is 2.39. The van der Waals surface area contributed by atoms with Gasteiger partial charge in [0.2, 0.25) is 0 Å². The molecule has 1 saturated carbocycles. The zero-order valence-electron chi connectivity index (χ0n) is 10.3. The van der Waals surface area contributed by atoms with Gasteiger partial charge in [0.15, 0.2) is 0 Å². The van der Waals surface area contributed by atoms with Gasteiger partial charge in [-0.05, 0) is 37.8 Å². The lowest BCUT2D eigenvalue weighted by Gasteiger charge is -2.20. The minimum absolute atomic E-state index is 0.396. The van der Waals surface area contributed by atoms with Crippen molar-refractivity contribution in [3.63, 3.8) is 0 Å². The van der Waals surface area contributed by atoms with Crippen molar-refractivity contribution in [3.05, 3.63) is 35.9 Å². The van der Waals surface area contributed by atoms with E-state index in [0.717, 1.165) is 6.54 Å². The summed E-state index contributed by atoms with van der Waals surface area (Å²) in [5.74, 6) is 0.494. The lowest BCUT2D eigenvalue weighted by atomic mass is 10.1. The molecular weight excluding hydrogens is 214 g/mol. The van der Waals surface area contributed by atoms with Crippen molar-refractivity contribution < 1.29 is 9.90 Å². The molecule has 0 aromatic heterocycles. The molecule has 0 radical (unpaired) electrons. The van der Waals surface area contributed by atoms with Crippen LogP contribution in [0, 0.1) is 5.92 Å². The first-order valence-corrected chi connectivity index (χ1v) is 6.07. The number of aliphatic carboxylic acids is 1. The Bertz CT molecular complexity index is 390. The van der Waals surface area contributed by atoms with Gasteiger partial charge in [0, 0.05) is 6.54 Å². The van der Waals surface area contributed by atoms with Gasteiger partial charge in [0.05, 0.1) is 0 Å². The monoisotopic (exact) mass is 233 g/mol. The van der Waals surface area contributed by atoms with Gasteiger partial charge in [0.1, 0.15) is 6.04 Å². The number of likely N-dealkylation sites (N-methyl/N-ethyl adjacent to an activating group) is 1. The Morgan fingerprint density at radius 3 is 2.71 bits per heavy atom. The molecule has 0 amide bonds. The van der Waals surface area contributed by atoms with Crippen LogP contribution in [0.3, 0.4) is 0 Å². The van der Waals surface area contributed by atoms with E-state index in [1.165, 1.54) is 12.0 Å². The standard InChI is InChI=1S/C14H19NO2/c1-10(14(16)17)15(2)9-12-8-13(12)11-6-4-3-5-7-11/h3-7,10,12-13H,8-9H2,1-2H3,(H,16,17). The molecule has 3 nitrogen and oxygen atoms in total. The molecule has 0 aliphatic heterocycles. The molecule has 1 fully saturated rings. The second kappa shape index (κ2) is 4.88. The minimum atomic E-state index is -0.746. The topological polar surface area (TPSA) is 40.5 Å². The molecule has 0 bridgehead atoms. The van der Waals surface area contributed by atoms with E-state index < -0.39 is 12.0 Å². The third-order valence-electron chi connectivity index (χ3n) is 3.69. The molecule has 17 heavy (non-hydrogen) atoms. The van der Waals surface area contributed by atoms with Gasteiger partial charge >= 0.3 is 5.97 Å². The van der Waals surface area contributed by atoms with Crippen LogP contribution in [0.2, 0.25) is 0 Å². The maximum Gasteiger partial charge on any atom is 0.320 e. The molecule has 92 valence electrons. The summed E-state index contributed by atoms with van der Waals surface area (Å²) in [6.07, 6.45) is 1.18. The Labute approximate surface area is 102 Å². The van der Waals surface area contributed by atoms with Gasteiger partial charge in [0.25, 0.3) is 0 Å². The molecule has 3 heteroatoms. The van der Waals surface area contributed by atoms with Crippen LogP contribution in [0.25, 0.3) is 0 Å². The van der Waals surface area contributed by atoms with E-state index in [4.69, 9.17) is 5.11 Å². The van der Waals surface area contributed by atoms with E-state index in [9.17, 15) is 4.79 Å².